The van der Waals surface area contributed by atoms with E-state index in [4.69, 9.17) is 9.47 Å². The van der Waals surface area contributed by atoms with E-state index < -0.39 is 6.29 Å². The third-order valence-corrected chi connectivity index (χ3v) is 9.42. The van der Waals surface area contributed by atoms with Gasteiger partial charge in [-0.15, -0.1) is 0 Å². The monoisotopic (exact) mass is 575 g/mol. The smallest absolute Gasteiger partial charge is 0.283 e. The number of hydrogen-bond acceptors (Lipinski definition) is 7. The van der Waals surface area contributed by atoms with Crippen molar-refractivity contribution in [1.29, 1.82) is 0 Å². The van der Waals surface area contributed by atoms with Gasteiger partial charge in [-0.2, -0.15) is 5.10 Å². The number of anilines is 1. The van der Waals surface area contributed by atoms with Gasteiger partial charge in [-0.05, 0) is 63.2 Å². The van der Waals surface area contributed by atoms with Crippen molar-refractivity contribution in [1.82, 2.24) is 20.1 Å². The summed E-state index contributed by atoms with van der Waals surface area (Å²) in [6.45, 7) is 12.4. The van der Waals surface area contributed by atoms with Crippen molar-refractivity contribution < 1.29 is 14.3 Å². The Labute approximate surface area is 226 Å². The fourth-order valence-electron chi connectivity index (χ4n) is 5.43. The van der Waals surface area contributed by atoms with Crippen LogP contribution in [0.1, 0.15) is 59.1 Å². The van der Waals surface area contributed by atoms with Gasteiger partial charge in [0, 0.05) is 24.9 Å². The highest BCUT2D eigenvalue weighted by atomic mass is 79.9. The van der Waals surface area contributed by atoms with E-state index in [0.29, 0.717) is 47.5 Å². The van der Waals surface area contributed by atoms with Gasteiger partial charge in [0.15, 0.2) is 6.29 Å². The molecule has 1 amide bonds. The normalized spacial score (nSPS) is 26.5. The first kappa shape index (κ1) is 27.7. The summed E-state index contributed by atoms with van der Waals surface area (Å²) in [6, 6.07) is 3.57. The summed E-state index contributed by atoms with van der Waals surface area (Å²) in [5.41, 5.74) is 1.45. The summed E-state index contributed by atoms with van der Waals surface area (Å²) in [6.07, 6.45) is 6.06. The quantitative estimate of drug-likeness (QED) is 0.487. The molecule has 0 radical (unpaired) electrons. The van der Waals surface area contributed by atoms with E-state index in [1.54, 1.807) is 18.6 Å². The molecule has 2 aliphatic rings. The third kappa shape index (κ3) is 6.23. The molecule has 4 rings (SSSR count). The highest BCUT2D eigenvalue weighted by molar-refractivity contribution is 9.10. The van der Waals surface area contributed by atoms with Crippen molar-refractivity contribution in [3.05, 3.63) is 51.1 Å². The summed E-state index contributed by atoms with van der Waals surface area (Å²) < 4.78 is 12.7. The van der Waals surface area contributed by atoms with Gasteiger partial charge in [0.2, 0.25) is 5.91 Å². The SMILES string of the molecule is C[C@@H]1[C@@H](C)C(C)(C)[C@@H](C)C[C@H]1Nc1cnn(CC(=O)NC(CC2OCCO2)c2ccncc2)c(=O)c1Br. The number of ether oxygens (including phenoxy) is 2. The van der Waals surface area contributed by atoms with Gasteiger partial charge in [-0.25, -0.2) is 4.68 Å². The van der Waals surface area contributed by atoms with Crippen molar-refractivity contribution in [2.75, 3.05) is 18.5 Å². The minimum atomic E-state index is -0.392. The average molecular weight is 577 g/mol. The van der Waals surface area contributed by atoms with Crippen LogP contribution in [0.4, 0.5) is 5.69 Å². The zero-order chi connectivity index (χ0) is 26.7. The van der Waals surface area contributed by atoms with E-state index in [9.17, 15) is 9.59 Å². The molecule has 0 spiro atoms. The van der Waals surface area contributed by atoms with Crippen LogP contribution in [0.15, 0.2) is 40.0 Å². The first-order valence-electron chi connectivity index (χ1n) is 13.0. The molecule has 2 aromatic rings. The van der Waals surface area contributed by atoms with Gasteiger partial charge < -0.3 is 20.1 Å². The highest BCUT2D eigenvalue weighted by Crippen LogP contribution is 2.48. The van der Waals surface area contributed by atoms with Crippen LogP contribution in [0, 0.1) is 23.2 Å². The third-order valence-electron chi connectivity index (χ3n) is 8.66. The van der Waals surface area contributed by atoms with E-state index in [0.717, 1.165) is 12.0 Å². The van der Waals surface area contributed by atoms with Crippen LogP contribution in [0.2, 0.25) is 0 Å². The van der Waals surface area contributed by atoms with Crippen molar-refractivity contribution >= 4 is 27.5 Å². The van der Waals surface area contributed by atoms with Crippen molar-refractivity contribution in [3.8, 4) is 0 Å². The maximum Gasteiger partial charge on any atom is 0.283 e. The lowest BCUT2D eigenvalue weighted by Crippen LogP contribution is -2.48. The molecule has 10 heteroatoms. The van der Waals surface area contributed by atoms with E-state index in [1.165, 1.54) is 4.68 Å². The fourth-order valence-corrected chi connectivity index (χ4v) is 5.85. The van der Waals surface area contributed by atoms with Crippen LogP contribution in [0.25, 0.3) is 0 Å². The molecule has 1 saturated carbocycles. The number of rotatable bonds is 8. The second-order valence-corrected chi connectivity index (χ2v) is 11.8. The maximum absolute atomic E-state index is 13.1. The van der Waals surface area contributed by atoms with Crippen LogP contribution in [0.3, 0.4) is 0 Å². The Morgan fingerprint density at radius 3 is 2.57 bits per heavy atom. The first-order chi connectivity index (χ1) is 17.6. The zero-order valence-electron chi connectivity index (χ0n) is 22.2. The molecule has 5 atom stereocenters. The lowest BCUT2D eigenvalue weighted by atomic mass is 9.58. The Morgan fingerprint density at radius 2 is 1.89 bits per heavy atom. The zero-order valence-corrected chi connectivity index (χ0v) is 23.8. The Bertz CT molecular complexity index is 1140. The molecule has 2 fully saturated rings. The Kier molecular flexibility index (Phi) is 8.70. The van der Waals surface area contributed by atoms with Crippen LogP contribution >= 0.6 is 15.9 Å². The fraction of sp³-hybridized carbons (Fsp3) is 0.630. The van der Waals surface area contributed by atoms with Crippen molar-refractivity contribution in [2.45, 2.75) is 72.4 Å². The Balaban J connectivity index is 1.44. The Hall–Kier alpha value is -2.30. The number of pyridine rings is 1. The van der Waals surface area contributed by atoms with Crippen molar-refractivity contribution in [2.24, 2.45) is 23.2 Å². The highest BCUT2D eigenvalue weighted by Gasteiger charge is 2.43. The van der Waals surface area contributed by atoms with Gasteiger partial charge in [-0.1, -0.05) is 34.6 Å². The molecule has 2 N–H and O–H groups in total. The largest absolute Gasteiger partial charge is 0.380 e. The number of carbonyl (C=O) groups is 1. The molecule has 1 aliphatic carbocycles. The van der Waals surface area contributed by atoms with E-state index in [1.807, 2.05) is 12.1 Å². The maximum atomic E-state index is 13.1. The lowest BCUT2D eigenvalue weighted by molar-refractivity contribution is -0.123. The molecule has 202 valence electrons. The summed E-state index contributed by atoms with van der Waals surface area (Å²) >= 11 is 3.46. The van der Waals surface area contributed by atoms with Crippen LogP contribution < -0.4 is 16.2 Å². The summed E-state index contributed by atoms with van der Waals surface area (Å²) in [5.74, 6) is 1.18. The number of nitrogens with one attached hydrogen (secondary N) is 2. The predicted molar refractivity (Wildman–Crippen MR) is 145 cm³/mol. The molecule has 0 aromatic carbocycles. The number of halogens is 1. The number of aromatic nitrogens is 3. The lowest BCUT2D eigenvalue weighted by Gasteiger charge is -2.50. The summed E-state index contributed by atoms with van der Waals surface area (Å²) in [5, 5.41) is 10.9. The topological polar surface area (TPSA) is 107 Å². The number of hydrogen-bond donors (Lipinski definition) is 2. The molecule has 0 bridgehead atoms. The van der Waals surface area contributed by atoms with Gasteiger partial charge in [0.1, 0.15) is 11.0 Å². The van der Waals surface area contributed by atoms with E-state index in [2.05, 4.69) is 71.3 Å². The van der Waals surface area contributed by atoms with Gasteiger partial charge >= 0.3 is 0 Å². The van der Waals surface area contributed by atoms with E-state index in [-0.39, 0.29) is 35.5 Å². The van der Waals surface area contributed by atoms with Crippen LogP contribution in [0.5, 0.6) is 0 Å². The molecule has 1 saturated heterocycles. The minimum Gasteiger partial charge on any atom is -0.380 e. The molecule has 9 nitrogen and oxygen atoms in total. The molecule has 37 heavy (non-hydrogen) atoms. The second kappa shape index (κ2) is 11.6. The Morgan fingerprint density at radius 1 is 1.22 bits per heavy atom. The summed E-state index contributed by atoms with van der Waals surface area (Å²) in [7, 11) is 0. The molecule has 3 heterocycles. The molecule has 1 unspecified atom stereocenters. The van der Waals surface area contributed by atoms with Crippen LogP contribution in [-0.2, 0) is 20.8 Å². The first-order valence-corrected chi connectivity index (χ1v) is 13.8. The number of carbonyl (C=O) groups excluding carboxylic acids is 1. The second-order valence-electron chi connectivity index (χ2n) is 11.0. The summed E-state index contributed by atoms with van der Waals surface area (Å²) in [4.78, 5) is 30.1. The van der Waals surface area contributed by atoms with Crippen molar-refractivity contribution in [3.63, 3.8) is 0 Å². The van der Waals surface area contributed by atoms with Crippen LogP contribution in [-0.4, -0.2) is 46.2 Å². The van der Waals surface area contributed by atoms with Gasteiger partial charge in [-0.3, -0.25) is 14.6 Å². The van der Waals surface area contributed by atoms with Gasteiger partial charge in [0.05, 0.1) is 31.1 Å². The van der Waals surface area contributed by atoms with E-state index >= 15 is 0 Å². The molecular weight excluding hydrogens is 538 g/mol. The number of nitrogens with zero attached hydrogens (tertiary/aromatic N) is 3. The average Bonchev–Trinajstić information content (AvgIpc) is 3.39. The molecule has 1 aliphatic heterocycles. The minimum absolute atomic E-state index is 0.201. The number of amides is 1. The van der Waals surface area contributed by atoms with Gasteiger partial charge in [0.25, 0.3) is 5.56 Å². The molecular formula is C27H38BrN5O4. The standard InChI is InChI=1S/C27H38BrN5O4/c1-16-12-20(17(2)18(3)27(16,4)5)31-22-14-30-33(26(35)25(22)28)15-23(34)32-21(13-24-36-10-11-37-24)19-6-8-29-9-7-19/h6-9,14,16-18,20-21,24,31H,10-13,15H2,1-5H3,(H,32,34)/t16-,17+,18+,20+,21?/m0/s1. The molecule has 2 aromatic heterocycles. The predicted octanol–water partition coefficient (Wildman–Crippen LogP) is 4.14.